The van der Waals surface area contributed by atoms with Crippen LogP contribution in [0.15, 0.2) is 0 Å². The zero-order chi connectivity index (χ0) is 24.0. The highest BCUT2D eigenvalue weighted by Crippen LogP contribution is 2.05. The van der Waals surface area contributed by atoms with Gasteiger partial charge in [-0.15, -0.1) is 0 Å². The van der Waals surface area contributed by atoms with E-state index >= 15 is 0 Å². The average molecular weight is 448 g/mol. The standard InChI is InChI=1S/C18H32N4O9/c1-3-21(4-2)14(13-23)22(12-18(30)31)8-7-19(9-15(24)25)5-6-20(10-16(26)27)11-17(28)29/h13-14H,3-12H2,1-2H3,(H,24,25)(H,26,27)(H,28,29)(H,30,31). The molecule has 0 aliphatic carbocycles. The Bertz CT molecular complexity index is 597. The van der Waals surface area contributed by atoms with Gasteiger partial charge in [0.25, 0.3) is 0 Å². The van der Waals surface area contributed by atoms with Crippen LogP contribution in [0.4, 0.5) is 0 Å². The van der Waals surface area contributed by atoms with E-state index in [-0.39, 0.29) is 26.2 Å². The smallest absolute Gasteiger partial charge is 0.317 e. The van der Waals surface area contributed by atoms with Crippen LogP contribution < -0.4 is 0 Å². The third-order valence-corrected chi connectivity index (χ3v) is 4.53. The second-order valence-electron chi connectivity index (χ2n) is 6.80. The normalized spacial score (nSPS) is 12.5. The second-order valence-corrected chi connectivity index (χ2v) is 6.80. The van der Waals surface area contributed by atoms with Crippen molar-refractivity contribution in [2.45, 2.75) is 20.0 Å². The third-order valence-electron chi connectivity index (χ3n) is 4.53. The monoisotopic (exact) mass is 448 g/mol. The van der Waals surface area contributed by atoms with Crippen molar-refractivity contribution < 1.29 is 44.4 Å². The van der Waals surface area contributed by atoms with Gasteiger partial charge >= 0.3 is 23.9 Å². The van der Waals surface area contributed by atoms with Crippen LogP contribution in [0, 0.1) is 0 Å². The van der Waals surface area contributed by atoms with Crippen molar-refractivity contribution in [3.05, 3.63) is 0 Å². The van der Waals surface area contributed by atoms with Gasteiger partial charge in [-0.3, -0.25) is 38.8 Å². The molecule has 0 fully saturated rings. The summed E-state index contributed by atoms with van der Waals surface area (Å²) in [6.45, 7) is 2.98. The molecule has 0 heterocycles. The van der Waals surface area contributed by atoms with Crippen molar-refractivity contribution in [2.24, 2.45) is 0 Å². The Morgan fingerprint density at radius 2 is 1.03 bits per heavy atom. The van der Waals surface area contributed by atoms with E-state index in [4.69, 9.17) is 15.3 Å². The van der Waals surface area contributed by atoms with Gasteiger partial charge < -0.3 is 25.2 Å². The number of carboxylic acid groups (broad SMARTS) is 4. The lowest BCUT2D eigenvalue weighted by Gasteiger charge is -2.35. The van der Waals surface area contributed by atoms with Crippen LogP contribution in [0.5, 0.6) is 0 Å². The fourth-order valence-corrected chi connectivity index (χ4v) is 3.09. The van der Waals surface area contributed by atoms with Crippen molar-refractivity contribution in [3.63, 3.8) is 0 Å². The summed E-state index contributed by atoms with van der Waals surface area (Å²) < 4.78 is 0. The Hall–Kier alpha value is -2.61. The molecule has 1 unspecified atom stereocenters. The van der Waals surface area contributed by atoms with Crippen LogP contribution in [0.1, 0.15) is 13.8 Å². The largest absolute Gasteiger partial charge is 0.480 e. The zero-order valence-corrected chi connectivity index (χ0v) is 17.8. The Morgan fingerprint density at radius 3 is 1.42 bits per heavy atom. The van der Waals surface area contributed by atoms with E-state index in [0.717, 1.165) is 4.90 Å². The van der Waals surface area contributed by atoms with Gasteiger partial charge in [0.05, 0.1) is 26.2 Å². The summed E-state index contributed by atoms with van der Waals surface area (Å²) >= 11 is 0. The Labute approximate surface area is 180 Å². The molecule has 31 heavy (non-hydrogen) atoms. The lowest BCUT2D eigenvalue weighted by molar-refractivity contribution is -0.143. The van der Waals surface area contributed by atoms with Crippen LogP contribution in [0.3, 0.4) is 0 Å². The summed E-state index contributed by atoms with van der Waals surface area (Å²) in [5.74, 6) is -4.72. The molecule has 178 valence electrons. The van der Waals surface area contributed by atoms with Gasteiger partial charge in [0.1, 0.15) is 6.17 Å². The maximum Gasteiger partial charge on any atom is 0.317 e. The summed E-state index contributed by atoms with van der Waals surface area (Å²) in [4.78, 5) is 61.7. The van der Waals surface area contributed by atoms with Crippen LogP contribution >= 0.6 is 0 Å². The first-order valence-corrected chi connectivity index (χ1v) is 9.79. The molecule has 0 bridgehead atoms. The first kappa shape index (κ1) is 28.4. The number of rotatable bonds is 19. The minimum Gasteiger partial charge on any atom is -0.480 e. The van der Waals surface area contributed by atoms with Gasteiger partial charge in [0, 0.05) is 26.2 Å². The van der Waals surface area contributed by atoms with Crippen LogP contribution in [0.2, 0.25) is 0 Å². The van der Waals surface area contributed by atoms with Crippen molar-refractivity contribution >= 4 is 30.2 Å². The molecule has 13 nitrogen and oxygen atoms in total. The molecule has 1 atom stereocenters. The highest BCUT2D eigenvalue weighted by molar-refractivity contribution is 5.72. The highest BCUT2D eigenvalue weighted by atomic mass is 16.4. The van der Waals surface area contributed by atoms with E-state index in [2.05, 4.69) is 0 Å². The highest BCUT2D eigenvalue weighted by Gasteiger charge is 2.26. The molecule has 0 amide bonds. The summed E-state index contributed by atoms with van der Waals surface area (Å²) in [6.07, 6.45) is -0.160. The molecule has 0 aromatic heterocycles. The van der Waals surface area contributed by atoms with Gasteiger partial charge in [-0.2, -0.15) is 0 Å². The molecule has 0 spiro atoms. The molecule has 4 N–H and O–H groups in total. The van der Waals surface area contributed by atoms with E-state index in [9.17, 15) is 29.1 Å². The minimum atomic E-state index is -1.22. The van der Waals surface area contributed by atoms with Crippen molar-refractivity contribution in [3.8, 4) is 0 Å². The number of hydrogen-bond acceptors (Lipinski definition) is 9. The number of likely N-dealkylation sites (N-methyl/N-ethyl adjacent to an activating group) is 1. The molecule has 0 aromatic carbocycles. The van der Waals surface area contributed by atoms with E-state index < -0.39 is 56.2 Å². The third kappa shape index (κ3) is 12.6. The predicted octanol–water partition coefficient (Wildman–Crippen LogP) is -1.90. The SMILES string of the molecule is CCN(CC)C(C=O)N(CCN(CCN(CC(=O)O)CC(=O)O)CC(=O)O)CC(=O)O. The number of carboxylic acids is 4. The molecule has 0 saturated carbocycles. The maximum absolute atomic E-state index is 11.6. The lowest BCUT2D eigenvalue weighted by atomic mass is 10.3. The van der Waals surface area contributed by atoms with Gasteiger partial charge in [-0.1, -0.05) is 13.8 Å². The van der Waals surface area contributed by atoms with Crippen molar-refractivity contribution in [1.82, 2.24) is 19.6 Å². The van der Waals surface area contributed by atoms with Crippen LogP contribution in [0.25, 0.3) is 0 Å². The number of carbonyl (C=O) groups excluding carboxylic acids is 1. The fraction of sp³-hybridized carbons (Fsp3) is 0.722. The quantitative estimate of drug-likeness (QED) is 0.127. The number of aliphatic carboxylic acids is 4. The number of carbonyl (C=O) groups is 5. The molecule has 0 aliphatic rings. The summed E-state index contributed by atoms with van der Waals surface area (Å²) in [7, 11) is 0. The fourth-order valence-electron chi connectivity index (χ4n) is 3.09. The zero-order valence-electron chi connectivity index (χ0n) is 17.8. The summed E-state index contributed by atoms with van der Waals surface area (Å²) in [5.41, 5.74) is 0. The van der Waals surface area contributed by atoms with Gasteiger partial charge in [0.15, 0.2) is 6.29 Å². The van der Waals surface area contributed by atoms with Gasteiger partial charge in [-0.25, -0.2) is 0 Å². The van der Waals surface area contributed by atoms with Crippen molar-refractivity contribution in [1.29, 1.82) is 0 Å². The Balaban J connectivity index is 5.28. The number of nitrogens with zero attached hydrogens (tertiary/aromatic N) is 4. The average Bonchev–Trinajstić information content (AvgIpc) is 2.65. The van der Waals surface area contributed by atoms with Crippen LogP contribution in [-0.4, -0.2) is 142 Å². The Morgan fingerprint density at radius 1 is 0.645 bits per heavy atom. The first-order chi connectivity index (χ1) is 14.5. The van der Waals surface area contributed by atoms with Crippen molar-refractivity contribution in [2.75, 3.05) is 65.4 Å². The molecule has 0 aliphatic heterocycles. The van der Waals surface area contributed by atoms with E-state index in [0.29, 0.717) is 19.4 Å². The maximum atomic E-state index is 11.6. The molecule has 0 aromatic rings. The first-order valence-electron chi connectivity index (χ1n) is 9.79. The van der Waals surface area contributed by atoms with E-state index in [1.807, 2.05) is 13.8 Å². The predicted molar refractivity (Wildman–Crippen MR) is 108 cm³/mol. The van der Waals surface area contributed by atoms with Crippen LogP contribution in [-0.2, 0) is 24.0 Å². The van der Waals surface area contributed by atoms with Gasteiger partial charge in [0.2, 0.25) is 0 Å². The summed E-state index contributed by atoms with van der Waals surface area (Å²) in [5, 5.41) is 36.2. The molecular weight excluding hydrogens is 416 g/mol. The van der Waals surface area contributed by atoms with E-state index in [1.54, 1.807) is 4.90 Å². The Kier molecular flexibility index (Phi) is 13.9. The minimum absolute atomic E-state index is 0.0159. The molecule has 0 radical (unpaired) electrons. The lowest BCUT2D eigenvalue weighted by Crippen LogP contribution is -2.53. The molecular formula is C18H32N4O9. The van der Waals surface area contributed by atoms with Gasteiger partial charge in [-0.05, 0) is 13.1 Å². The number of hydrogen-bond donors (Lipinski definition) is 4. The molecule has 13 heteroatoms. The molecule has 0 rings (SSSR count). The molecule has 0 saturated heterocycles. The topological polar surface area (TPSA) is 179 Å². The second kappa shape index (κ2) is 15.2. The summed E-state index contributed by atoms with van der Waals surface area (Å²) in [6, 6.07) is 0. The number of aldehydes is 1. The van der Waals surface area contributed by atoms with E-state index in [1.165, 1.54) is 9.80 Å².